The molecule has 15 heavy (non-hydrogen) atoms. The molecule has 1 aromatic carbocycles. The molecule has 0 radical (unpaired) electrons. The molecule has 0 aliphatic heterocycles. The second-order valence-corrected chi connectivity index (χ2v) is 3.00. The summed E-state index contributed by atoms with van der Waals surface area (Å²) in [6, 6.07) is 7.77. The smallest absolute Gasteiger partial charge is 0.254 e. The molecule has 0 atom stereocenters. The molecule has 0 heterocycles. The van der Waals surface area contributed by atoms with Crippen molar-refractivity contribution in [3.8, 4) is 6.07 Å². The van der Waals surface area contributed by atoms with Gasteiger partial charge >= 0.3 is 0 Å². The number of unbranched alkanes of at least 4 members (excludes halogenated alkanes) is 1. The van der Waals surface area contributed by atoms with Crippen LogP contribution in [0.1, 0.15) is 23.2 Å². The number of nitrogens with zero attached hydrogens (tertiary/aromatic N) is 1. The Morgan fingerprint density at radius 3 is 2.87 bits per heavy atom. The van der Waals surface area contributed by atoms with Crippen molar-refractivity contribution in [2.45, 2.75) is 12.8 Å². The fraction of sp³-hybridized carbons (Fsp3) is 0.273. The van der Waals surface area contributed by atoms with Gasteiger partial charge in [0.2, 0.25) is 0 Å². The molecule has 0 saturated heterocycles. The molecule has 3 nitrogen and oxygen atoms in total. The molecule has 0 aliphatic carbocycles. The van der Waals surface area contributed by atoms with Crippen molar-refractivity contribution in [3.05, 3.63) is 35.6 Å². The van der Waals surface area contributed by atoms with Crippen LogP contribution in [-0.4, -0.2) is 12.5 Å². The first-order valence-electron chi connectivity index (χ1n) is 4.65. The summed E-state index contributed by atoms with van der Waals surface area (Å²) in [7, 11) is 0. The minimum Gasteiger partial charge on any atom is -0.352 e. The first-order chi connectivity index (χ1) is 7.25. The second-order valence-electron chi connectivity index (χ2n) is 3.00. The summed E-state index contributed by atoms with van der Waals surface area (Å²) in [5.74, 6) is -0.971. The van der Waals surface area contributed by atoms with E-state index in [1.54, 1.807) is 6.07 Å². The third kappa shape index (κ3) is 3.39. The highest BCUT2D eigenvalue weighted by atomic mass is 19.1. The van der Waals surface area contributed by atoms with Gasteiger partial charge in [-0.3, -0.25) is 4.79 Å². The fourth-order valence-corrected chi connectivity index (χ4v) is 1.11. The predicted octanol–water partition coefficient (Wildman–Crippen LogP) is 1.86. The van der Waals surface area contributed by atoms with E-state index in [0.717, 1.165) is 0 Å². The molecular formula is C11H11FN2O. The summed E-state index contributed by atoms with van der Waals surface area (Å²) in [5.41, 5.74) is 0.0365. The van der Waals surface area contributed by atoms with E-state index < -0.39 is 11.7 Å². The lowest BCUT2D eigenvalue weighted by atomic mass is 10.2. The Hall–Kier alpha value is -1.89. The standard InChI is InChI=1S/C11H11FN2O/c12-10-6-2-1-5-9(10)11(15)14-8-4-3-7-13/h1-2,5-6H,3-4,8H2,(H,14,15). The highest BCUT2D eigenvalue weighted by Crippen LogP contribution is 2.05. The summed E-state index contributed by atoms with van der Waals surface area (Å²) in [5, 5.41) is 10.8. The molecule has 0 unspecified atom stereocenters. The normalized spacial score (nSPS) is 9.33. The Bertz CT molecular complexity index is 384. The molecule has 0 aliphatic rings. The molecule has 4 heteroatoms. The molecule has 1 rings (SSSR count). The van der Waals surface area contributed by atoms with Crippen molar-refractivity contribution in [1.82, 2.24) is 5.32 Å². The molecule has 0 bridgehead atoms. The Balaban J connectivity index is 2.48. The van der Waals surface area contributed by atoms with Gasteiger partial charge in [-0.25, -0.2) is 4.39 Å². The van der Waals surface area contributed by atoms with E-state index in [9.17, 15) is 9.18 Å². The summed E-state index contributed by atoms with van der Waals surface area (Å²) >= 11 is 0. The highest BCUT2D eigenvalue weighted by Gasteiger charge is 2.08. The molecule has 0 spiro atoms. The zero-order valence-electron chi connectivity index (χ0n) is 8.16. The second kappa shape index (κ2) is 5.76. The maximum atomic E-state index is 13.1. The third-order valence-corrected chi connectivity index (χ3v) is 1.87. The van der Waals surface area contributed by atoms with Crippen LogP contribution in [0.5, 0.6) is 0 Å². The van der Waals surface area contributed by atoms with Gasteiger partial charge in [-0.05, 0) is 18.6 Å². The van der Waals surface area contributed by atoms with E-state index in [1.165, 1.54) is 18.2 Å². The largest absolute Gasteiger partial charge is 0.352 e. The van der Waals surface area contributed by atoms with Gasteiger partial charge in [0, 0.05) is 13.0 Å². The number of rotatable bonds is 4. The molecular weight excluding hydrogens is 195 g/mol. The topological polar surface area (TPSA) is 52.9 Å². The number of halogens is 1. The van der Waals surface area contributed by atoms with E-state index in [-0.39, 0.29) is 5.56 Å². The average molecular weight is 206 g/mol. The lowest BCUT2D eigenvalue weighted by molar-refractivity contribution is 0.0949. The first-order valence-corrected chi connectivity index (χ1v) is 4.65. The minimum atomic E-state index is -0.532. The van der Waals surface area contributed by atoms with Crippen LogP contribution in [0.2, 0.25) is 0 Å². The van der Waals surface area contributed by atoms with Crippen molar-refractivity contribution in [2.75, 3.05) is 6.54 Å². The summed E-state index contributed by atoms with van der Waals surface area (Å²) in [4.78, 5) is 11.4. The Morgan fingerprint density at radius 1 is 1.47 bits per heavy atom. The fourth-order valence-electron chi connectivity index (χ4n) is 1.11. The molecule has 0 saturated carbocycles. The van der Waals surface area contributed by atoms with Crippen molar-refractivity contribution in [1.29, 1.82) is 5.26 Å². The zero-order chi connectivity index (χ0) is 11.1. The lowest BCUT2D eigenvalue weighted by Crippen LogP contribution is -2.25. The minimum absolute atomic E-state index is 0.0365. The monoisotopic (exact) mass is 206 g/mol. The molecule has 1 amide bonds. The van der Waals surface area contributed by atoms with Crippen LogP contribution in [0.15, 0.2) is 24.3 Å². The lowest BCUT2D eigenvalue weighted by Gasteiger charge is -2.04. The summed E-state index contributed by atoms with van der Waals surface area (Å²) < 4.78 is 13.1. The van der Waals surface area contributed by atoms with E-state index in [2.05, 4.69) is 5.32 Å². The van der Waals surface area contributed by atoms with Crippen LogP contribution in [0.3, 0.4) is 0 Å². The molecule has 78 valence electrons. The Labute approximate surface area is 87.5 Å². The van der Waals surface area contributed by atoms with Gasteiger partial charge in [0.25, 0.3) is 5.91 Å². The molecule has 1 aromatic rings. The van der Waals surface area contributed by atoms with Gasteiger partial charge in [0.05, 0.1) is 11.6 Å². The molecule has 1 N–H and O–H groups in total. The van der Waals surface area contributed by atoms with Crippen LogP contribution in [0.4, 0.5) is 4.39 Å². The maximum Gasteiger partial charge on any atom is 0.254 e. The van der Waals surface area contributed by atoms with E-state index in [4.69, 9.17) is 5.26 Å². The zero-order valence-corrected chi connectivity index (χ0v) is 8.16. The van der Waals surface area contributed by atoms with Crippen LogP contribution < -0.4 is 5.32 Å². The average Bonchev–Trinajstić information content (AvgIpc) is 2.25. The van der Waals surface area contributed by atoms with Crippen molar-refractivity contribution in [3.63, 3.8) is 0 Å². The van der Waals surface area contributed by atoms with E-state index in [1.807, 2.05) is 6.07 Å². The van der Waals surface area contributed by atoms with Crippen molar-refractivity contribution >= 4 is 5.91 Å². The number of benzene rings is 1. The van der Waals surface area contributed by atoms with E-state index in [0.29, 0.717) is 19.4 Å². The number of carbonyl (C=O) groups excluding carboxylic acids is 1. The summed E-state index contributed by atoms with van der Waals surface area (Å²) in [6.07, 6.45) is 0.967. The van der Waals surface area contributed by atoms with Crippen LogP contribution in [0, 0.1) is 17.1 Å². The van der Waals surface area contributed by atoms with Gasteiger partial charge < -0.3 is 5.32 Å². The van der Waals surface area contributed by atoms with E-state index >= 15 is 0 Å². The SMILES string of the molecule is N#CCCCNC(=O)c1ccccc1F. The molecule has 0 aromatic heterocycles. The molecule has 0 fully saturated rings. The van der Waals surface area contributed by atoms with Gasteiger partial charge in [-0.1, -0.05) is 12.1 Å². The number of hydrogen-bond acceptors (Lipinski definition) is 2. The number of nitrogens with one attached hydrogen (secondary N) is 1. The number of nitriles is 1. The highest BCUT2D eigenvalue weighted by molar-refractivity contribution is 5.94. The Morgan fingerprint density at radius 2 is 2.20 bits per heavy atom. The first kappa shape index (κ1) is 11.2. The summed E-state index contributed by atoms with van der Waals surface area (Å²) in [6.45, 7) is 0.390. The Kier molecular flexibility index (Phi) is 4.30. The van der Waals surface area contributed by atoms with Gasteiger partial charge in [0.1, 0.15) is 5.82 Å². The quantitative estimate of drug-likeness (QED) is 0.764. The van der Waals surface area contributed by atoms with Crippen molar-refractivity contribution in [2.24, 2.45) is 0 Å². The number of carbonyl (C=O) groups is 1. The predicted molar refractivity (Wildman–Crippen MR) is 53.6 cm³/mol. The van der Waals surface area contributed by atoms with Crippen molar-refractivity contribution < 1.29 is 9.18 Å². The number of hydrogen-bond donors (Lipinski definition) is 1. The van der Waals surface area contributed by atoms with Crippen LogP contribution in [0.25, 0.3) is 0 Å². The third-order valence-electron chi connectivity index (χ3n) is 1.87. The van der Waals surface area contributed by atoms with Gasteiger partial charge in [-0.2, -0.15) is 5.26 Å². The van der Waals surface area contributed by atoms with Gasteiger partial charge in [0.15, 0.2) is 0 Å². The van der Waals surface area contributed by atoms with Gasteiger partial charge in [-0.15, -0.1) is 0 Å². The van der Waals surface area contributed by atoms with Crippen LogP contribution >= 0.6 is 0 Å². The number of amides is 1. The van der Waals surface area contributed by atoms with Crippen LogP contribution in [-0.2, 0) is 0 Å². The maximum absolute atomic E-state index is 13.1.